The molecular weight excluding hydrogens is 418 g/mol. The largest absolute Gasteiger partial charge is 0.748 e. The van der Waals surface area contributed by atoms with Gasteiger partial charge in [0.15, 0.2) is 0 Å². The predicted octanol–water partition coefficient (Wildman–Crippen LogP) is 5.28. The minimum absolute atomic E-state index is 0. The summed E-state index contributed by atoms with van der Waals surface area (Å²) in [5, 5.41) is 0. The van der Waals surface area contributed by atoms with Gasteiger partial charge in [0.05, 0.1) is 0 Å². The van der Waals surface area contributed by atoms with Crippen molar-refractivity contribution in [3.8, 4) is 22.5 Å². The van der Waals surface area contributed by atoms with Crippen molar-refractivity contribution in [3.63, 3.8) is 0 Å². The van der Waals surface area contributed by atoms with Gasteiger partial charge in [-0.3, -0.25) is 0 Å². The molecule has 0 saturated heterocycles. The fourth-order valence-corrected chi connectivity index (χ4v) is 2.51. The van der Waals surface area contributed by atoms with Crippen LogP contribution in [-0.4, -0.2) is 9.97 Å². The standard InChI is InChI=1S/C15H11BrN3.C5H5.Fe/c16-12-7-5-11(6-8-12)14-9-13(18-15(17)19-14)10-3-1-2-4-10;1-2-4-5-3-1;/h1-9H,(H2,17,18,19);1-5H;/q-1;-5;. The third-order valence-corrected chi connectivity index (χ3v) is 3.93. The zero-order valence-corrected chi connectivity index (χ0v) is 16.0. The molecule has 0 unspecified atom stereocenters. The van der Waals surface area contributed by atoms with Crippen molar-refractivity contribution in [3.05, 3.63) is 89.4 Å². The SMILES string of the molecule is Nc1nc(-c2ccc(Br)cc2)cc(-[c-]2cccc2)n1.[Fe].[cH-]1[cH-][cH-][cH-][cH-]1. The van der Waals surface area contributed by atoms with Crippen LogP contribution < -0.4 is 5.73 Å². The monoisotopic (exact) mass is 433 g/mol. The van der Waals surface area contributed by atoms with Crippen LogP contribution in [0, 0.1) is 0 Å². The molecule has 3 aromatic carbocycles. The van der Waals surface area contributed by atoms with E-state index in [4.69, 9.17) is 5.73 Å². The summed E-state index contributed by atoms with van der Waals surface area (Å²) in [6.07, 6.45) is 0. The summed E-state index contributed by atoms with van der Waals surface area (Å²) in [5.74, 6) is 0.289. The van der Waals surface area contributed by atoms with Gasteiger partial charge < -0.3 is 36.1 Å². The Bertz CT molecular complexity index is 853. The molecule has 0 aliphatic carbocycles. The molecule has 0 aliphatic heterocycles. The van der Waals surface area contributed by atoms with E-state index >= 15 is 0 Å². The Labute approximate surface area is 166 Å². The van der Waals surface area contributed by atoms with E-state index in [9.17, 15) is 0 Å². The van der Waals surface area contributed by atoms with Crippen LogP contribution in [0.4, 0.5) is 5.95 Å². The Balaban J connectivity index is 0.000000325. The fourth-order valence-electron chi connectivity index (χ4n) is 2.25. The van der Waals surface area contributed by atoms with Gasteiger partial charge in [0.2, 0.25) is 5.95 Å². The third kappa shape index (κ3) is 5.40. The minimum Gasteiger partial charge on any atom is -0.748 e. The maximum absolute atomic E-state index is 5.80. The predicted molar refractivity (Wildman–Crippen MR) is 103 cm³/mol. The van der Waals surface area contributed by atoms with E-state index in [1.807, 2.05) is 84.9 Å². The average Bonchev–Trinajstić information content (AvgIpc) is 3.31. The first-order chi connectivity index (χ1) is 11.7. The smallest absolute Gasteiger partial charge is 0.218 e. The van der Waals surface area contributed by atoms with Gasteiger partial charge in [0.25, 0.3) is 0 Å². The summed E-state index contributed by atoms with van der Waals surface area (Å²) in [6, 6.07) is 27.9. The average molecular weight is 434 g/mol. The Hall–Kier alpha value is -2.20. The first kappa shape index (κ1) is 19.1. The van der Waals surface area contributed by atoms with Crippen molar-refractivity contribution in [2.24, 2.45) is 0 Å². The molecule has 0 fully saturated rings. The normalized spacial score (nSPS) is 9.64. The first-order valence-electron chi connectivity index (χ1n) is 7.51. The number of benzene rings is 1. The van der Waals surface area contributed by atoms with E-state index in [0.717, 1.165) is 27.0 Å². The van der Waals surface area contributed by atoms with Gasteiger partial charge in [0, 0.05) is 27.2 Å². The topological polar surface area (TPSA) is 51.8 Å². The number of halogens is 1. The third-order valence-electron chi connectivity index (χ3n) is 3.40. The summed E-state index contributed by atoms with van der Waals surface area (Å²) >= 11 is 3.42. The molecule has 132 valence electrons. The number of nitrogens with two attached hydrogens (primary N) is 1. The molecule has 4 rings (SSSR count). The van der Waals surface area contributed by atoms with Gasteiger partial charge in [-0.05, 0) is 23.4 Å². The van der Waals surface area contributed by atoms with E-state index in [-0.39, 0.29) is 23.0 Å². The first-order valence-corrected chi connectivity index (χ1v) is 8.31. The molecule has 1 aromatic heterocycles. The molecule has 0 spiro atoms. The van der Waals surface area contributed by atoms with Crippen molar-refractivity contribution in [2.75, 3.05) is 5.73 Å². The van der Waals surface area contributed by atoms with E-state index < -0.39 is 0 Å². The van der Waals surface area contributed by atoms with Crippen LogP contribution in [0.15, 0.2) is 89.4 Å². The van der Waals surface area contributed by atoms with Gasteiger partial charge in [-0.1, -0.05) is 39.7 Å². The molecule has 3 nitrogen and oxygen atoms in total. The van der Waals surface area contributed by atoms with Gasteiger partial charge >= 0.3 is 0 Å². The Morgan fingerprint density at radius 2 is 1.44 bits per heavy atom. The second-order valence-electron chi connectivity index (χ2n) is 5.14. The van der Waals surface area contributed by atoms with E-state index in [0.29, 0.717) is 0 Å². The van der Waals surface area contributed by atoms with Gasteiger partial charge in [-0.15, -0.1) is 12.1 Å². The summed E-state index contributed by atoms with van der Waals surface area (Å²) in [7, 11) is 0. The summed E-state index contributed by atoms with van der Waals surface area (Å²) in [5.41, 5.74) is 9.54. The fraction of sp³-hybridized carbons (Fsp3) is 0. The van der Waals surface area contributed by atoms with Crippen molar-refractivity contribution in [1.29, 1.82) is 0 Å². The Morgan fingerprint density at radius 1 is 0.880 bits per heavy atom. The van der Waals surface area contributed by atoms with Crippen LogP contribution in [0.2, 0.25) is 0 Å². The van der Waals surface area contributed by atoms with Crippen molar-refractivity contribution < 1.29 is 17.1 Å². The molecule has 0 atom stereocenters. The number of rotatable bonds is 2. The van der Waals surface area contributed by atoms with E-state index in [1.54, 1.807) is 0 Å². The molecule has 0 saturated carbocycles. The Morgan fingerprint density at radius 3 is 2.00 bits per heavy atom. The number of nitrogen functional groups attached to an aromatic ring is 1. The van der Waals surface area contributed by atoms with Crippen molar-refractivity contribution >= 4 is 21.9 Å². The van der Waals surface area contributed by atoms with Crippen LogP contribution in [0.25, 0.3) is 22.5 Å². The van der Waals surface area contributed by atoms with Crippen LogP contribution in [0.1, 0.15) is 0 Å². The molecule has 5 heteroatoms. The van der Waals surface area contributed by atoms with Crippen molar-refractivity contribution in [2.45, 2.75) is 0 Å². The molecule has 4 aromatic rings. The molecule has 0 amide bonds. The number of nitrogens with zero attached hydrogens (tertiary/aromatic N) is 2. The maximum atomic E-state index is 5.80. The molecule has 0 radical (unpaired) electrons. The van der Waals surface area contributed by atoms with E-state index in [1.165, 1.54) is 0 Å². The zero-order valence-electron chi connectivity index (χ0n) is 13.3. The number of hydrogen-bond donors (Lipinski definition) is 1. The number of aromatic nitrogens is 2. The second-order valence-corrected chi connectivity index (χ2v) is 6.06. The number of hydrogen-bond acceptors (Lipinski definition) is 3. The summed E-state index contributed by atoms with van der Waals surface area (Å²) < 4.78 is 1.04. The van der Waals surface area contributed by atoms with Gasteiger partial charge in [-0.25, -0.2) is 9.97 Å². The minimum atomic E-state index is 0. The van der Waals surface area contributed by atoms with Crippen LogP contribution in [0.3, 0.4) is 0 Å². The van der Waals surface area contributed by atoms with Gasteiger partial charge in [0.1, 0.15) is 0 Å². The summed E-state index contributed by atoms with van der Waals surface area (Å²) in [4.78, 5) is 8.57. The van der Waals surface area contributed by atoms with Crippen LogP contribution in [0.5, 0.6) is 0 Å². The Kier molecular flexibility index (Phi) is 7.14. The molecular formula is C20H16BrFeN3-6. The van der Waals surface area contributed by atoms with Crippen LogP contribution in [-0.2, 0) is 17.1 Å². The molecule has 2 N–H and O–H groups in total. The van der Waals surface area contributed by atoms with Crippen LogP contribution >= 0.6 is 15.9 Å². The zero-order chi connectivity index (χ0) is 16.8. The van der Waals surface area contributed by atoms with Gasteiger partial charge in [-0.2, -0.15) is 12.1 Å². The molecule has 1 heterocycles. The number of anilines is 1. The molecule has 0 bridgehead atoms. The van der Waals surface area contributed by atoms with Crippen molar-refractivity contribution in [1.82, 2.24) is 9.97 Å². The quantitative estimate of drug-likeness (QED) is 0.345. The molecule has 25 heavy (non-hydrogen) atoms. The van der Waals surface area contributed by atoms with E-state index in [2.05, 4.69) is 25.9 Å². The second kappa shape index (κ2) is 9.33. The summed E-state index contributed by atoms with van der Waals surface area (Å²) in [6.45, 7) is 0. The molecule has 0 aliphatic rings. The maximum Gasteiger partial charge on any atom is 0.218 e.